The molecule has 1 aliphatic heterocycles. The molecular weight excluding hydrogens is 260 g/mol. The molecule has 21 heavy (non-hydrogen) atoms. The van der Waals surface area contributed by atoms with E-state index >= 15 is 0 Å². The second-order valence-corrected chi connectivity index (χ2v) is 6.27. The fourth-order valence-electron chi connectivity index (χ4n) is 2.95. The molecule has 0 aliphatic carbocycles. The first-order valence-corrected chi connectivity index (χ1v) is 8.33. The van der Waals surface area contributed by atoms with Gasteiger partial charge >= 0.3 is 0 Å². The number of nitrogens with zero attached hydrogens (tertiary/aromatic N) is 1. The second-order valence-electron chi connectivity index (χ2n) is 6.27. The highest BCUT2D eigenvalue weighted by Crippen LogP contribution is 2.23. The van der Waals surface area contributed by atoms with Gasteiger partial charge in [-0.25, -0.2) is 0 Å². The van der Waals surface area contributed by atoms with E-state index in [1.165, 1.54) is 18.5 Å². The van der Waals surface area contributed by atoms with Crippen molar-refractivity contribution in [3.63, 3.8) is 0 Å². The highest BCUT2D eigenvalue weighted by molar-refractivity contribution is 5.20. The normalized spacial score (nSPS) is 18.0. The van der Waals surface area contributed by atoms with Crippen LogP contribution in [0.4, 0.5) is 0 Å². The molecule has 0 spiro atoms. The van der Waals surface area contributed by atoms with Crippen molar-refractivity contribution in [1.82, 2.24) is 10.2 Å². The van der Waals surface area contributed by atoms with Gasteiger partial charge in [-0.15, -0.1) is 0 Å². The van der Waals surface area contributed by atoms with Gasteiger partial charge in [0.1, 0.15) is 0 Å². The van der Waals surface area contributed by atoms with Crippen LogP contribution in [0.1, 0.15) is 31.7 Å². The number of benzene rings is 1. The molecule has 1 saturated heterocycles. The van der Waals surface area contributed by atoms with Gasteiger partial charge in [0.15, 0.2) is 0 Å². The van der Waals surface area contributed by atoms with Gasteiger partial charge in [0.05, 0.1) is 13.2 Å². The number of nitrogens with one attached hydrogen (secondary N) is 1. The number of hydrogen-bond acceptors (Lipinski definition) is 3. The summed E-state index contributed by atoms with van der Waals surface area (Å²) in [6.07, 6.45) is 1.22. The van der Waals surface area contributed by atoms with Crippen LogP contribution in [-0.4, -0.2) is 50.8 Å². The molecule has 3 heteroatoms. The minimum atomic E-state index is 0.606. The van der Waals surface area contributed by atoms with Crippen LogP contribution in [0.2, 0.25) is 0 Å². The fraction of sp³-hybridized carbons (Fsp3) is 0.667. The van der Waals surface area contributed by atoms with Crippen molar-refractivity contribution < 1.29 is 4.74 Å². The quantitative estimate of drug-likeness (QED) is 0.745. The first-order chi connectivity index (χ1) is 10.3. The van der Waals surface area contributed by atoms with Gasteiger partial charge in [0, 0.05) is 19.6 Å². The van der Waals surface area contributed by atoms with Gasteiger partial charge in [-0.1, -0.05) is 44.2 Å². The molecule has 1 aromatic rings. The Morgan fingerprint density at radius 3 is 2.52 bits per heavy atom. The van der Waals surface area contributed by atoms with Crippen LogP contribution < -0.4 is 5.32 Å². The molecular formula is C18H30N2O. The number of morpholine rings is 1. The molecule has 1 atom stereocenters. The smallest absolute Gasteiger partial charge is 0.0594 e. The lowest BCUT2D eigenvalue weighted by atomic mass is 9.88. The Balaban J connectivity index is 1.66. The third-order valence-corrected chi connectivity index (χ3v) is 4.33. The van der Waals surface area contributed by atoms with Gasteiger partial charge in [0.25, 0.3) is 0 Å². The van der Waals surface area contributed by atoms with Crippen LogP contribution in [0.5, 0.6) is 0 Å². The largest absolute Gasteiger partial charge is 0.379 e. The SMILES string of the molecule is CC(C)C(CNCCCN1CCOCC1)c1ccccc1. The van der Waals surface area contributed by atoms with Gasteiger partial charge in [-0.05, 0) is 36.9 Å². The summed E-state index contributed by atoms with van der Waals surface area (Å²) < 4.78 is 5.38. The summed E-state index contributed by atoms with van der Waals surface area (Å²) in [5.41, 5.74) is 1.45. The summed E-state index contributed by atoms with van der Waals surface area (Å²) in [5.74, 6) is 1.27. The maximum absolute atomic E-state index is 5.38. The molecule has 0 saturated carbocycles. The van der Waals surface area contributed by atoms with E-state index < -0.39 is 0 Å². The van der Waals surface area contributed by atoms with Crippen LogP contribution in [0, 0.1) is 5.92 Å². The number of hydrogen-bond donors (Lipinski definition) is 1. The van der Waals surface area contributed by atoms with Gasteiger partial charge < -0.3 is 10.1 Å². The first-order valence-electron chi connectivity index (χ1n) is 8.33. The van der Waals surface area contributed by atoms with Crippen molar-refractivity contribution in [2.45, 2.75) is 26.2 Å². The highest BCUT2D eigenvalue weighted by atomic mass is 16.5. The first kappa shape index (κ1) is 16.5. The summed E-state index contributed by atoms with van der Waals surface area (Å²) in [7, 11) is 0. The van der Waals surface area contributed by atoms with Gasteiger partial charge in [0.2, 0.25) is 0 Å². The van der Waals surface area contributed by atoms with E-state index in [-0.39, 0.29) is 0 Å². The molecule has 2 rings (SSSR count). The van der Waals surface area contributed by atoms with E-state index in [4.69, 9.17) is 4.74 Å². The Labute approximate surface area is 129 Å². The maximum atomic E-state index is 5.38. The Kier molecular flexibility index (Phi) is 7.20. The van der Waals surface area contributed by atoms with E-state index in [0.717, 1.165) is 39.4 Å². The Morgan fingerprint density at radius 2 is 1.86 bits per heavy atom. The summed E-state index contributed by atoms with van der Waals surface area (Å²) in [5, 5.41) is 3.65. The Morgan fingerprint density at radius 1 is 1.14 bits per heavy atom. The Bertz CT molecular complexity index is 374. The Hall–Kier alpha value is -0.900. The lowest BCUT2D eigenvalue weighted by Crippen LogP contribution is -2.38. The standard InChI is InChI=1S/C18H30N2O/c1-16(2)18(17-7-4-3-5-8-17)15-19-9-6-10-20-11-13-21-14-12-20/h3-5,7-8,16,18-19H,6,9-15H2,1-2H3. The predicted molar refractivity (Wildman–Crippen MR) is 88.8 cm³/mol. The second kappa shape index (κ2) is 9.19. The summed E-state index contributed by atoms with van der Waals surface area (Å²) in [6, 6.07) is 10.9. The van der Waals surface area contributed by atoms with E-state index in [2.05, 4.69) is 54.4 Å². The average Bonchev–Trinajstić information content (AvgIpc) is 2.52. The molecule has 1 aliphatic rings. The van der Waals surface area contributed by atoms with E-state index in [9.17, 15) is 0 Å². The van der Waals surface area contributed by atoms with E-state index in [1.807, 2.05) is 0 Å². The molecule has 0 amide bonds. The molecule has 0 bridgehead atoms. The third-order valence-electron chi connectivity index (χ3n) is 4.33. The van der Waals surface area contributed by atoms with Crippen molar-refractivity contribution in [2.24, 2.45) is 5.92 Å². The van der Waals surface area contributed by atoms with Gasteiger partial charge in [-0.2, -0.15) is 0 Å². The lowest BCUT2D eigenvalue weighted by molar-refractivity contribution is 0.0374. The van der Waals surface area contributed by atoms with Crippen molar-refractivity contribution in [3.05, 3.63) is 35.9 Å². The molecule has 1 heterocycles. The molecule has 3 nitrogen and oxygen atoms in total. The van der Waals surface area contributed by atoms with Crippen LogP contribution in [-0.2, 0) is 4.74 Å². The molecule has 0 aromatic heterocycles. The zero-order valence-electron chi connectivity index (χ0n) is 13.6. The summed E-state index contributed by atoms with van der Waals surface area (Å²) in [6.45, 7) is 12.0. The van der Waals surface area contributed by atoms with Crippen LogP contribution in [0.3, 0.4) is 0 Å². The average molecular weight is 290 g/mol. The van der Waals surface area contributed by atoms with Crippen LogP contribution >= 0.6 is 0 Å². The molecule has 1 N–H and O–H groups in total. The molecule has 118 valence electrons. The lowest BCUT2D eigenvalue weighted by Gasteiger charge is -2.27. The van der Waals surface area contributed by atoms with Crippen LogP contribution in [0.15, 0.2) is 30.3 Å². The number of ether oxygens (including phenoxy) is 1. The maximum Gasteiger partial charge on any atom is 0.0594 e. The fourth-order valence-corrected chi connectivity index (χ4v) is 2.95. The minimum absolute atomic E-state index is 0.606. The third kappa shape index (κ3) is 5.77. The number of rotatable bonds is 8. The molecule has 0 radical (unpaired) electrons. The predicted octanol–water partition coefficient (Wildman–Crippen LogP) is 2.74. The minimum Gasteiger partial charge on any atom is -0.379 e. The zero-order chi connectivity index (χ0) is 14.9. The topological polar surface area (TPSA) is 24.5 Å². The van der Waals surface area contributed by atoms with Crippen molar-refractivity contribution >= 4 is 0 Å². The van der Waals surface area contributed by atoms with Crippen molar-refractivity contribution in [3.8, 4) is 0 Å². The van der Waals surface area contributed by atoms with E-state index in [1.54, 1.807) is 0 Å². The highest BCUT2D eigenvalue weighted by Gasteiger charge is 2.15. The van der Waals surface area contributed by atoms with Crippen LogP contribution in [0.25, 0.3) is 0 Å². The monoisotopic (exact) mass is 290 g/mol. The van der Waals surface area contributed by atoms with E-state index in [0.29, 0.717) is 11.8 Å². The summed E-state index contributed by atoms with van der Waals surface area (Å²) >= 11 is 0. The molecule has 1 unspecified atom stereocenters. The molecule has 1 aromatic carbocycles. The van der Waals surface area contributed by atoms with Crippen molar-refractivity contribution in [1.29, 1.82) is 0 Å². The van der Waals surface area contributed by atoms with Crippen molar-refractivity contribution in [2.75, 3.05) is 45.9 Å². The summed E-state index contributed by atoms with van der Waals surface area (Å²) in [4.78, 5) is 2.50. The molecule has 1 fully saturated rings. The van der Waals surface area contributed by atoms with Gasteiger partial charge in [-0.3, -0.25) is 4.90 Å². The zero-order valence-corrected chi connectivity index (χ0v) is 13.6.